The first-order chi connectivity index (χ1) is 22.2. The van der Waals surface area contributed by atoms with E-state index in [2.05, 4.69) is 19.1 Å². The summed E-state index contributed by atoms with van der Waals surface area (Å²) in [6, 6.07) is 15.8. The molecule has 1 aliphatic heterocycles. The van der Waals surface area contributed by atoms with Crippen molar-refractivity contribution in [1.82, 2.24) is 0 Å². The molecule has 2 aromatic rings. The molecule has 7 nitrogen and oxygen atoms in total. The van der Waals surface area contributed by atoms with E-state index in [1.54, 1.807) is 0 Å². The fraction of sp³-hybridized carbons (Fsp3) is 0.590. The van der Waals surface area contributed by atoms with Gasteiger partial charge in [-0.2, -0.15) is 0 Å². The molecule has 2 aliphatic rings. The fourth-order valence-electron chi connectivity index (χ4n) is 5.94. The van der Waals surface area contributed by atoms with Gasteiger partial charge in [-0.15, -0.1) is 0 Å². The minimum absolute atomic E-state index is 0.151. The molecule has 7 heteroatoms. The van der Waals surface area contributed by atoms with Crippen LogP contribution < -0.4 is 4.74 Å². The lowest BCUT2D eigenvalue weighted by Gasteiger charge is -2.26. The van der Waals surface area contributed by atoms with Crippen molar-refractivity contribution in [2.75, 3.05) is 19.8 Å². The zero-order valence-corrected chi connectivity index (χ0v) is 28.5. The van der Waals surface area contributed by atoms with Crippen LogP contribution in [0.25, 0.3) is 11.1 Å². The van der Waals surface area contributed by atoms with Gasteiger partial charge >= 0.3 is 11.9 Å². The molecular formula is C39H54O7. The van der Waals surface area contributed by atoms with Crippen LogP contribution in [0.1, 0.15) is 97.8 Å². The lowest BCUT2D eigenvalue weighted by molar-refractivity contribution is -0.164. The summed E-state index contributed by atoms with van der Waals surface area (Å²) >= 11 is 0. The lowest BCUT2D eigenvalue weighted by atomic mass is 9.79. The minimum atomic E-state index is -1.19. The van der Waals surface area contributed by atoms with E-state index >= 15 is 0 Å². The van der Waals surface area contributed by atoms with E-state index in [1.165, 1.54) is 51.4 Å². The van der Waals surface area contributed by atoms with Gasteiger partial charge < -0.3 is 23.7 Å². The molecule has 4 rings (SSSR count). The standard InChI is InChI=1S/C39H54O7/c1-6-7-8-10-29-12-14-30(15-13-29)11-9-24-42-34-22-20-32(21-23-34)31-16-18-33(19-17-31)39-45-35(37(40)43-25-27(2)3)36(46-39)38(41)44-26-28(4)5/h9,11,16-23,27-30,35-36,39H,6-8,10,12-15,24-26H2,1-5H3/b11-9+/t29?,30?,35-,36-/m1/s1. The van der Waals surface area contributed by atoms with Gasteiger partial charge in [-0.3, -0.25) is 0 Å². The van der Waals surface area contributed by atoms with Gasteiger partial charge in [-0.05, 0) is 72.6 Å². The topological polar surface area (TPSA) is 80.3 Å². The van der Waals surface area contributed by atoms with Crippen molar-refractivity contribution >= 4 is 11.9 Å². The average molecular weight is 635 g/mol. The van der Waals surface area contributed by atoms with Crippen LogP contribution in [-0.2, 0) is 28.5 Å². The van der Waals surface area contributed by atoms with Crippen LogP contribution in [0.15, 0.2) is 60.7 Å². The highest BCUT2D eigenvalue weighted by molar-refractivity contribution is 5.86. The van der Waals surface area contributed by atoms with Crippen LogP contribution >= 0.6 is 0 Å². The predicted molar refractivity (Wildman–Crippen MR) is 180 cm³/mol. The Kier molecular flexibility index (Phi) is 14.2. The maximum absolute atomic E-state index is 12.8. The van der Waals surface area contributed by atoms with Crippen LogP contribution in [0.2, 0.25) is 0 Å². The average Bonchev–Trinajstić information content (AvgIpc) is 3.51. The van der Waals surface area contributed by atoms with Gasteiger partial charge in [-0.1, -0.05) is 109 Å². The number of ether oxygens (including phenoxy) is 5. The van der Waals surface area contributed by atoms with Gasteiger partial charge in [0.2, 0.25) is 0 Å². The lowest BCUT2D eigenvalue weighted by Crippen LogP contribution is -2.40. The number of unbranched alkanes of at least 4 members (excludes halogenated alkanes) is 2. The van der Waals surface area contributed by atoms with Gasteiger partial charge in [0.1, 0.15) is 12.4 Å². The Hall–Kier alpha value is -3.16. The number of hydrogen-bond acceptors (Lipinski definition) is 7. The molecule has 1 saturated heterocycles. The minimum Gasteiger partial charge on any atom is -0.490 e. The third-order valence-corrected chi connectivity index (χ3v) is 8.63. The van der Waals surface area contributed by atoms with E-state index in [1.807, 2.05) is 76.2 Å². The number of carbonyl (C=O) groups excluding carboxylic acids is 2. The number of esters is 2. The summed E-state index contributed by atoms with van der Waals surface area (Å²) in [6.07, 6.45) is 12.0. The quantitative estimate of drug-likeness (QED) is 0.104. The first kappa shape index (κ1) is 35.7. The van der Waals surface area contributed by atoms with Crippen LogP contribution in [-0.4, -0.2) is 44.0 Å². The molecular weight excluding hydrogens is 580 g/mol. The van der Waals surface area contributed by atoms with Crippen LogP contribution in [0.3, 0.4) is 0 Å². The molecule has 1 saturated carbocycles. The van der Waals surface area contributed by atoms with Crippen molar-refractivity contribution in [3.05, 3.63) is 66.2 Å². The Balaban J connectivity index is 1.27. The van der Waals surface area contributed by atoms with Gasteiger partial charge in [-0.25, -0.2) is 9.59 Å². The van der Waals surface area contributed by atoms with E-state index in [4.69, 9.17) is 23.7 Å². The summed E-state index contributed by atoms with van der Waals surface area (Å²) in [5.74, 6) is 1.50. The highest BCUT2D eigenvalue weighted by Gasteiger charge is 2.47. The molecule has 2 aromatic carbocycles. The fourth-order valence-corrected chi connectivity index (χ4v) is 5.94. The largest absolute Gasteiger partial charge is 0.490 e. The normalized spacial score (nSPS) is 22.1. The van der Waals surface area contributed by atoms with E-state index in [-0.39, 0.29) is 25.0 Å². The first-order valence-electron chi connectivity index (χ1n) is 17.4. The molecule has 0 aromatic heterocycles. The van der Waals surface area contributed by atoms with Crippen molar-refractivity contribution in [2.45, 2.75) is 104 Å². The van der Waals surface area contributed by atoms with Crippen LogP contribution in [0, 0.1) is 23.7 Å². The van der Waals surface area contributed by atoms with E-state index in [0.29, 0.717) is 18.1 Å². The second-order valence-electron chi connectivity index (χ2n) is 13.7. The highest BCUT2D eigenvalue weighted by atomic mass is 16.8. The Labute approximate surface area is 276 Å². The molecule has 0 unspecified atom stereocenters. The van der Waals surface area contributed by atoms with Gasteiger partial charge in [0, 0.05) is 5.56 Å². The summed E-state index contributed by atoms with van der Waals surface area (Å²) in [4.78, 5) is 25.6. The van der Waals surface area contributed by atoms with Crippen LogP contribution in [0.4, 0.5) is 0 Å². The van der Waals surface area contributed by atoms with E-state index in [9.17, 15) is 9.59 Å². The van der Waals surface area contributed by atoms with Crippen molar-refractivity contribution in [2.24, 2.45) is 23.7 Å². The monoisotopic (exact) mass is 634 g/mol. The highest BCUT2D eigenvalue weighted by Crippen LogP contribution is 2.35. The SMILES string of the molecule is CCCCCC1CCC(/C=C/COc2ccc(-c3ccc(C4O[C@@H](C(=O)OCC(C)C)[C@H](C(=O)OCC(C)C)O4)cc3)cc2)CC1. The summed E-state index contributed by atoms with van der Waals surface area (Å²) < 4.78 is 28.6. The van der Waals surface area contributed by atoms with Crippen molar-refractivity contribution in [3.63, 3.8) is 0 Å². The van der Waals surface area contributed by atoms with Crippen molar-refractivity contribution < 1.29 is 33.3 Å². The molecule has 0 N–H and O–H groups in total. The molecule has 1 heterocycles. The van der Waals surface area contributed by atoms with Gasteiger partial charge in [0.25, 0.3) is 0 Å². The second kappa shape index (κ2) is 18.2. The predicted octanol–water partition coefficient (Wildman–Crippen LogP) is 8.86. The Morgan fingerprint density at radius 3 is 1.85 bits per heavy atom. The maximum atomic E-state index is 12.8. The number of benzene rings is 2. The summed E-state index contributed by atoms with van der Waals surface area (Å²) in [7, 11) is 0. The zero-order valence-electron chi connectivity index (χ0n) is 28.5. The third kappa shape index (κ3) is 11.0. The Morgan fingerprint density at radius 1 is 0.783 bits per heavy atom. The van der Waals surface area contributed by atoms with E-state index < -0.39 is 30.4 Å². The molecule has 2 fully saturated rings. The number of allylic oxidation sites excluding steroid dienone is 1. The van der Waals surface area contributed by atoms with Crippen molar-refractivity contribution in [3.8, 4) is 16.9 Å². The number of hydrogen-bond donors (Lipinski definition) is 0. The molecule has 46 heavy (non-hydrogen) atoms. The second-order valence-corrected chi connectivity index (χ2v) is 13.7. The maximum Gasteiger partial charge on any atom is 0.338 e. The third-order valence-electron chi connectivity index (χ3n) is 8.63. The molecule has 0 spiro atoms. The number of rotatable bonds is 16. The smallest absolute Gasteiger partial charge is 0.338 e. The van der Waals surface area contributed by atoms with Crippen molar-refractivity contribution in [1.29, 1.82) is 0 Å². The van der Waals surface area contributed by atoms with Gasteiger partial charge in [0.15, 0.2) is 18.5 Å². The molecule has 0 radical (unpaired) electrons. The molecule has 0 amide bonds. The Bertz CT molecular complexity index is 1190. The Morgan fingerprint density at radius 2 is 1.33 bits per heavy atom. The van der Waals surface area contributed by atoms with E-state index in [0.717, 1.165) is 22.8 Å². The summed E-state index contributed by atoms with van der Waals surface area (Å²) in [5, 5.41) is 0. The summed E-state index contributed by atoms with van der Waals surface area (Å²) in [6.45, 7) is 11.1. The zero-order chi connectivity index (χ0) is 32.9. The van der Waals surface area contributed by atoms with Crippen LogP contribution in [0.5, 0.6) is 5.75 Å². The molecule has 252 valence electrons. The molecule has 0 bridgehead atoms. The van der Waals surface area contributed by atoms with Gasteiger partial charge in [0.05, 0.1) is 13.2 Å². The summed E-state index contributed by atoms with van der Waals surface area (Å²) in [5.41, 5.74) is 2.75. The number of carbonyl (C=O) groups is 2. The first-order valence-corrected chi connectivity index (χ1v) is 17.4. The molecule has 2 atom stereocenters. The molecule has 1 aliphatic carbocycles.